The first-order valence-corrected chi connectivity index (χ1v) is 6.25. The molecule has 0 radical (unpaired) electrons. The Hall–Kier alpha value is -0.960. The summed E-state index contributed by atoms with van der Waals surface area (Å²) in [5.41, 5.74) is 6.48. The first-order chi connectivity index (χ1) is 7.69. The van der Waals surface area contributed by atoms with Crippen molar-refractivity contribution in [2.75, 3.05) is 23.7 Å². The van der Waals surface area contributed by atoms with Crippen LogP contribution in [0.1, 0.15) is 26.2 Å². The monoisotopic (exact) mass is 239 g/mol. The minimum absolute atomic E-state index is 0.479. The zero-order chi connectivity index (χ0) is 11.5. The number of rotatable bonds is 5. The summed E-state index contributed by atoms with van der Waals surface area (Å²) in [5.74, 6) is 1.76. The van der Waals surface area contributed by atoms with Gasteiger partial charge in [0.15, 0.2) is 0 Å². The molecule has 1 aliphatic carbocycles. The van der Waals surface area contributed by atoms with Crippen molar-refractivity contribution in [3.05, 3.63) is 17.3 Å². The molecule has 0 aromatic carbocycles. The third-order valence-electron chi connectivity index (χ3n) is 2.80. The highest BCUT2D eigenvalue weighted by molar-refractivity contribution is 6.29. The summed E-state index contributed by atoms with van der Waals surface area (Å²) >= 11 is 5.93. The van der Waals surface area contributed by atoms with E-state index in [0.717, 1.165) is 31.2 Å². The Morgan fingerprint density at radius 1 is 1.50 bits per heavy atom. The topological polar surface area (TPSA) is 42.1 Å². The molecule has 2 N–H and O–H groups in total. The molecular weight excluding hydrogens is 222 g/mol. The normalized spacial score (nSPS) is 15.1. The molecule has 0 aliphatic heterocycles. The maximum absolute atomic E-state index is 5.93. The molecule has 1 fully saturated rings. The zero-order valence-corrected chi connectivity index (χ0v) is 10.4. The zero-order valence-electron chi connectivity index (χ0n) is 9.62. The molecule has 0 unspecified atom stereocenters. The molecule has 0 saturated heterocycles. The molecule has 0 atom stereocenters. The first kappa shape index (κ1) is 11.5. The lowest BCUT2D eigenvalue weighted by molar-refractivity contribution is 0.699. The van der Waals surface area contributed by atoms with Gasteiger partial charge in [-0.3, -0.25) is 0 Å². The number of nitrogens with zero attached hydrogens (tertiary/aromatic N) is 2. The molecule has 3 nitrogen and oxygen atoms in total. The van der Waals surface area contributed by atoms with Gasteiger partial charge in [-0.25, -0.2) is 4.98 Å². The number of hydrogen-bond donors (Lipinski definition) is 1. The molecule has 16 heavy (non-hydrogen) atoms. The largest absolute Gasteiger partial charge is 0.399 e. The van der Waals surface area contributed by atoms with E-state index in [1.165, 1.54) is 12.8 Å². The Balaban J connectivity index is 2.15. The Morgan fingerprint density at radius 3 is 2.81 bits per heavy atom. The maximum atomic E-state index is 5.93. The van der Waals surface area contributed by atoms with Crippen molar-refractivity contribution >= 4 is 23.1 Å². The molecule has 1 saturated carbocycles. The van der Waals surface area contributed by atoms with Crippen molar-refractivity contribution in [3.8, 4) is 0 Å². The van der Waals surface area contributed by atoms with Crippen LogP contribution in [0.15, 0.2) is 12.1 Å². The van der Waals surface area contributed by atoms with Crippen LogP contribution >= 0.6 is 11.6 Å². The van der Waals surface area contributed by atoms with E-state index < -0.39 is 0 Å². The van der Waals surface area contributed by atoms with E-state index in [4.69, 9.17) is 17.3 Å². The number of pyridine rings is 1. The van der Waals surface area contributed by atoms with Crippen LogP contribution in [-0.2, 0) is 0 Å². The summed E-state index contributed by atoms with van der Waals surface area (Å²) in [6.45, 7) is 4.28. The SMILES string of the molecule is CCCN(CC1CC1)c1cc(N)cc(Cl)n1. The average molecular weight is 240 g/mol. The minimum Gasteiger partial charge on any atom is -0.399 e. The van der Waals surface area contributed by atoms with Crippen LogP contribution in [-0.4, -0.2) is 18.1 Å². The van der Waals surface area contributed by atoms with Crippen LogP contribution in [0.5, 0.6) is 0 Å². The van der Waals surface area contributed by atoms with Gasteiger partial charge >= 0.3 is 0 Å². The van der Waals surface area contributed by atoms with Gasteiger partial charge < -0.3 is 10.6 Å². The number of anilines is 2. The van der Waals surface area contributed by atoms with E-state index in [1.807, 2.05) is 6.07 Å². The van der Waals surface area contributed by atoms with Gasteiger partial charge in [-0.2, -0.15) is 0 Å². The van der Waals surface area contributed by atoms with Gasteiger partial charge in [0, 0.05) is 24.8 Å². The number of halogens is 1. The van der Waals surface area contributed by atoms with Gasteiger partial charge in [0.1, 0.15) is 11.0 Å². The maximum Gasteiger partial charge on any atom is 0.133 e. The van der Waals surface area contributed by atoms with E-state index in [0.29, 0.717) is 10.8 Å². The van der Waals surface area contributed by atoms with Crippen molar-refractivity contribution in [2.45, 2.75) is 26.2 Å². The van der Waals surface area contributed by atoms with Crippen molar-refractivity contribution < 1.29 is 0 Å². The lowest BCUT2D eigenvalue weighted by atomic mass is 10.3. The number of hydrogen-bond acceptors (Lipinski definition) is 3. The highest BCUT2D eigenvalue weighted by atomic mass is 35.5. The van der Waals surface area contributed by atoms with Gasteiger partial charge in [0.2, 0.25) is 0 Å². The lowest BCUT2D eigenvalue weighted by Gasteiger charge is -2.23. The van der Waals surface area contributed by atoms with Crippen LogP contribution in [0, 0.1) is 5.92 Å². The van der Waals surface area contributed by atoms with Crippen LogP contribution in [0.2, 0.25) is 5.15 Å². The quantitative estimate of drug-likeness (QED) is 0.804. The van der Waals surface area contributed by atoms with Crippen molar-refractivity contribution in [1.82, 2.24) is 4.98 Å². The fourth-order valence-electron chi connectivity index (χ4n) is 1.85. The van der Waals surface area contributed by atoms with Crippen molar-refractivity contribution in [3.63, 3.8) is 0 Å². The van der Waals surface area contributed by atoms with E-state index in [2.05, 4.69) is 16.8 Å². The molecule has 1 aromatic heterocycles. The summed E-state index contributed by atoms with van der Waals surface area (Å²) in [6, 6.07) is 3.59. The molecular formula is C12H18ClN3. The molecule has 2 rings (SSSR count). The second-order valence-electron chi connectivity index (χ2n) is 4.47. The number of aromatic nitrogens is 1. The van der Waals surface area contributed by atoms with E-state index in [-0.39, 0.29) is 0 Å². The highest BCUT2D eigenvalue weighted by Gasteiger charge is 2.24. The summed E-state index contributed by atoms with van der Waals surface area (Å²) in [6.07, 6.45) is 3.80. The summed E-state index contributed by atoms with van der Waals surface area (Å²) in [7, 11) is 0. The predicted octanol–water partition coefficient (Wildman–Crippen LogP) is 2.94. The molecule has 88 valence electrons. The second-order valence-corrected chi connectivity index (χ2v) is 4.86. The van der Waals surface area contributed by atoms with E-state index >= 15 is 0 Å². The van der Waals surface area contributed by atoms with E-state index in [9.17, 15) is 0 Å². The van der Waals surface area contributed by atoms with E-state index in [1.54, 1.807) is 6.07 Å². The first-order valence-electron chi connectivity index (χ1n) is 5.87. The summed E-state index contributed by atoms with van der Waals surface area (Å²) < 4.78 is 0. The van der Waals surface area contributed by atoms with Gasteiger partial charge in [-0.05, 0) is 31.2 Å². The molecule has 0 bridgehead atoms. The van der Waals surface area contributed by atoms with Gasteiger partial charge in [0.25, 0.3) is 0 Å². The lowest BCUT2D eigenvalue weighted by Crippen LogP contribution is -2.27. The minimum atomic E-state index is 0.479. The second kappa shape index (κ2) is 4.91. The van der Waals surface area contributed by atoms with Crippen molar-refractivity contribution in [1.29, 1.82) is 0 Å². The molecule has 1 aliphatic rings. The number of nitrogen functional groups attached to an aromatic ring is 1. The smallest absolute Gasteiger partial charge is 0.133 e. The van der Waals surface area contributed by atoms with Crippen LogP contribution in [0.3, 0.4) is 0 Å². The number of nitrogens with two attached hydrogens (primary N) is 1. The predicted molar refractivity (Wildman–Crippen MR) is 68.9 cm³/mol. The third kappa shape index (κ3) is 3.01. The Morgan fingerprint density at radius 2 is 2.25 bits per heavy atom. The van der Waals surface area contributed by atoms with Crippen LogP contribution < -0.4 is 10.6 Å². The molecule has 4 heteroatoms. The highest BCUT2D eigenvalue weighted by Crippen LogP contribution is 2.31. The average Bonchev–Trinajstić information content (AvgIpc) is 2.99. The molecule has 1 heterocycles. The van der Waals surface area contributed by atoms with Crippen LogP contribution in [0.4, 0.5) is 11.5 Å². The fraction of sp³-hybridized carbons (Fsp3) is 0.583. The summed E-state index contributed by atoms with van der Waals surface area (Å²) in [5, 5.41) is 0.479. The van der Waals surface area contributed by atoms with Gasteiger partial charge in [-0.15, -0.1) is 0 Å². The van der Waals surface area contributed by atoms with Crippen molar-refractivity contribution in [2.24, 2.45) is 5.92 Å². The Bertz CT molecular complexity index is 343. The fourth-order valence-corrected chi connectivity index (χ4v) is 2.06. The van der Waals surface area contributed by atoms with Gasteiger partial charge in [0.05, 0.1) is 0 Å². The third-order valence-corrected chi connectivity index (χ3v) is 2.99. The van der Waals surface area contributed by atoms with Crippen LogP contribution in [0.25, 0.3) is 0 Å². The molecule has 1 aromatic rings. The Labute approximate surface area is 102 Å². The van der Waals surface area contributed by atoms with Gasteiger partial charge in [-0.1, -0.05) is 18.5 Å². The summed E-state index contributed by atoms with van der Waals surface area (Å²) in [4.78, 5) is 6.64. The molecule has 0 spiro atoms. The standard InChI is InChI=1S/C12H18ClN3/c1-2-5-16(8-9-3-4-9)12-7-10(14)6-11(13)15-12/h6-7,9H,2-5,8H2,1H3,(H2,14,15). The Kier molecular flexibility index (Phi) is 3.54. The molecule has 0 amide bonds.